The number of rotatable bonds is 8. The van der Waals surface area contributed by atoms with Gasteiger partial charge in [0.15, 0.2) is 0 Å². The van der Waals surface area contributed by atoms with Crippen molar-refractivity contribution in [3.63, 3.8) is 0 Å². The van der Waals surface area contributed by atoms with Gasteiger partial charge in [0.25, 0.3) is 5.91 Å². The molecule has 0 radical (unpaired) electrons. The molecule has 1 aliphatic rings. The van der Waals surface area contributed by atoms with E-state index in [-0.39, 0.29) is 5.91 Å². The Morgan fingerprint density at radius 1 is 1.29 bits per heavy atom. The molecule has 1 saturated carbocycles. The number of nitrogens with one attached hydrogen (secondary N) is 2. The fourth-order valence-corrected chi connectivity index (χ4v) is 2.57. The molecule has 0 spiro atoms. The van der Waals surface area contributed by atoms with Crippen LogP contribution >= 0.6 is 0 Å². The number of amides is 1. The molecule has 0 bridgehead atoms. The van der Waals surface area contributed by atoms with Gasteiger partial charge in [-0.15, -0.1) is 0 Å². The number of aliphatic imine (C=N–C) groups is 1. The highest BCUT2D eigenvalue weighted by molar-refractivity contribution is 6.03. The minimum Gasteiger partial charge on any atom is -0.438 e. The Bertz CT molecular complexity index is 855. The normalized spacial score (nSPS) is 14.1. The lowest BCUT2D eigenvalue weighted by Gasteiger charge is -2.11. The monoisotopic (exact) mass is 378 g/mol. The topological polar surface area (TPSA) is 75.6 Å². The molecule has 0 atom stereocenters. The number of ether oxygens (including phenoxy) is 1. The fourth-order valence-electron chi connectivity index (χ4n) is 2.57. The third-order valence-electron chi connectivity index (χ3n) is 4.36. The lowest BCUT2D eigenvalue weighted by molar-refractivity contribution is 0.0949. The van der Waals surface area contributed by atoms with E-state index in [1.807, 2.05) is 36.4 Å². The van der Waals surface area contributed by atoms with E-state index >= 15 is 0 Å². The van der Waals surface area contributed by atoms with Crippen molar-refractivity contribution in [3.05, 3.63) is 60.3 Å². The Balaban J connectivity index is 1.65. The third kappa shape index (κ3) is 5.67. The zero-order valence-electron chi connectivity index (χ0n) is 16.3. The number of anilines is 1. The van der Waals surface area contributed by atoms with Gasteiger partial charge in [-0.2, -0.15) is 0 Å². The number of carbonyl (C=O) groups is 1. The average Bonchev–Trinajstić information content (AvgIpc) is 3.55. The van der Waals surface area contributed by atoms with Crippen molar-refractivity contribution in [3.8, 4) is 11.6 Å². The van der Waals surface area contributed by atoms with Gasteiger partial charge in [-0.25, -0.2) is 4.98 Å². The quantitative estimate of drug-likeness (QED) is 0.527. The van der Waals surface area contributed by atoms with Gasteiger partial charge in [-0.1, -0.05) is 13.0 Å². The van der Waals surface area contributed by atoms with E-state index < -0.39 is 0 Å². The van der Waals surface area contributed by atoms with Crippen LogP contribution in [-0.2, 0) is 0 Å². The van der Waals surface area contributed by atoms with E-state index in [1.165, 1.54) is 12.8 Å². The summed E-state index contributed by atoms with van der Waals surface area (Å²) in [5.41, 5.74) is 1.34. The molecule has 1 aromatic carbocycles. The van der Waals surface area contributed by atoms with Crippen LogP contribution in [0.3, 0.4) is 0 Å². The first-order valence-corrected chi connectivity index (χ1v) is 9.61. The van der Waals surface area contributed by atoms with E-state index in [2.05, 4.69) is 27.5 Å². The van der Waals surface area contributed by atoms with Crippen molar-refractivity contribution in [1.82, 2.24) is 10.3 Å². The number of allylic oxidation sites excluding steroid dienone is 1. The molecule has 2 aromatic rings. The molecule has 6 nitrogen and oxygen atoms in total. The van der Waals surface area contributed by atoms with Crippen LogP contribution in [0, 0.1) is 5.92 Å². The van der Waals surface area contributed by atoms with Crippen molar-refractivity contribution >= 4 is 17.4 Å². The molecule has 1 amide bonds. The SMILES string of the molecule is CC/C=C\C(=NC)Nc1ccc(Oc2ncccc2C(=O)NCC2CC2)cc1. The van der Waals surface area contributed by atoms with Crippen LogP contribution in [0.25, 0.3) is 0 Å². The predicted molar refractivity (Wildman–Crippen MR) is 112 cm³/mol. The lowest BCUT2D eigenvalue weighted by atomic mass is 10.2. The number of amidine groups is 1. The number of aromatic nitrogens is 1. The molecule has 28 heavy (non-hydrogen) atoms. The number of hydrogen-bond acceptors (Lipinski definition) is 4. The van der Waals surface area contributed by atoms with Crippen molar-refractivity contribution in [2.45, 2.75) is 26.2 Å². The summed E-state index contributed by atoms with van der Waals surface area (Å²) < 4.78 is 5.86. The van der Waals surface area contributed by atoms with Crippen LogP contribution in [0.4, 0.5) is 5.69 Å². The second-order valence-electron chi connectivity index (χ2n) is 6.68. The van der Waals surface area contributed by atoms with Gasteiger partial charge in [-0.3, -0.25) is 9.79 Å². The second kappa shape index (κ2) is 9.69. The van der Waals surface area contributed by atoms with E-state index in [0.29, 0.717) is 29.7 Å². The number of nitrogens with zero attached hydrogens (tertiary/aromatic N) is 2. The first-order chi connectivity index (χ1) is 13.7. The Morgan fingerprint density at radius 3 is 2.75 bits per heavy atom. The molecule has 146 valence electrons. The van der Waals surface area contributed by atoms with Gasteiger partial charge in [0.05, 0.1) is 0 Å². The zero-order valence-corrected chi connectivity index (χ0v) is 16.3. The summed E-state index contributed by atoms with van der Waals surface area (Å²) >= 11 is 0. The van der Waals surface area contributed by atoms with Crippen LogP contribution in [0.1, 0.15) is 36.5 Å². The summed E-state index contributed by atoms with van der Waals surface area (Å²) in [4.78, 5) is 20.9. The first-order valence-electron chi connectivity index (χ1n) is 9.61. The van der Waals surface area contributed by atoms with Crippen LogP contribution in [0.2, 0.25) is 0 Å². The Morgan fingerprint density at radius 2 is 2.07 bits per heavy atom. The number of pyridine rings is 1. The number of carbonyl (C=O) groups excluding carboxylic acids is 1. The molecule has 0 unspecified atom stereocenters. The second-order valence-corrected chi connectivity index (χ2v) is 6.68. The highest BCUT2D eigenvalue weighted by Crippen LogP contribution is 2.28. The maximum absolute atomic E-state index is 12.4. The predicted octanol–water partition coefficient (Wildman–Crippen LogP) is 4.42. The molecule has 1 aliphatic carbocycles. The third-order valence-corrected chi connectivity index (χ3v) is 4.36. The summed E-state index contributed by atoms with van der Waals surface area (Å²) in [7, 11) is 1.75. The van der Waals surface area contributed by atoms with Gasteiger partial charge in [0.1, 0.15) is 17.1 Å². The zero-order chi connectivity index (χ0) is 19.8. The Kier molecular flexibility index (Phi) is 6.78. The first kappa shape index (κ1) is 19.6. The molecule has 6 heteroatoms. The van der Waals surface area contributed by atoms with Gasteiger partial charge in [-0.05, 0) is 67.7 Å². The van der Waals surface area contributed by atoms with Gasteiger partial charge in [0, 0.05) is 25.5 Å². The summed E-state index contributed by atoms with van der Waals surface area (Å²) in [6, 6.07) is 10.9. The van der Waals surface area contributed by atoms with E-state index in [1.54, 1.807) is 25.4 Å². The summed E-state index contributed by atoms with van der Waals surface area (Å²) in [5.74, 6) is 2.17. The highest BCUT2D eigenvalue weighted by Gasteiger charge is 2.23. The maximum Gasteiger partial charge on any atom is 0.256 e. The van der Waals surface area contributed by atoms with Crippen molar-refractivity contribution in [1.29, 1.82) is 0 Å². The summed E-state index contributed by atoms with van der Waals surface area (Å²) in [6.45, 7) is 2.79. The van der Waals surface area contributed by atoms with Gasteiger partial charge >= 0.3 is 0 Å². The lowest BCUT2D eigenvalue weighted by Crippen LogP contribution is -2.26. The Hall–Kier alpha value is -3.15. The van der Waals surface area contributed by atoms with E-state index in [9.17, 15) is 4.79 Å². The van der Waals surface area contributed by atoms with Crippen LogP contribution in [-0.4, -0.2) is 30.3 Å². The summed E-state index contributed by atoms with van der Waals surface area (Å²) in [5, 5.41) is 6.20. The highest BCUT2D eigenvalue weighted by atomic mass is 16.5. The average molecular weight is 378 g/mol. The Labute approximate surface area is 165 Å². The minimum atomic E-state index is -0.153. The molecule has 2 N–H and O–H groups in total. The molecular weight excluding hydrogens is 352 g/mol. The van der Waals surface area contributed by atoms with Crippen LogP contribution in [0.15, 0.2) is 59.7 Å². The molecule has 0 aliphatic heterocycles. The molecule has 3 rings (SSSR count). The molecule has 1 aromatic heterocycles. The number of hydrogen-bond donors (Lipinski definition) is 2. The maximum atomic E-state index is 12.4. The fraction of sp³-hybridized carbons (Fsp3) is 0.318. The van der Waals surface area contributed by atoms with Gasteiger partial charge in [0.2, 0.25) is 5.88 Å². The standard InChI is InChI=1S/C22H26N4O2/c1-3-4-7-20(23-2)26-17-10-12-18(13-11-17)28-22-19(6-5-14-24-22)21(27)25-15-16-8-9-16/h4-7,10-14,16H,3,8-9,15H2,1-2H3,(H,23,26)(H,25,27)/b7-4-. The minimum absolute atomic E-state index is 0.153. The number of benzene rings is 1. The van der Waals surface area contributed by atoms with Crippen molar-refractivity contribution in [2.24, 2.45) is 10.9 Å². The smallest absolute Gasteiger partial charge is 0.256 e. The van der Waals surface area contributed by atoms with E-state index in [0.717, 1.165) is 17.9 Å². The molecular formula is C22H26N4O2. The van der Waals surface area contributed by atoms with Crippen LogP contribution < -0.4 is 15.4 Å². The van der Waals surface area contributed by atoms with Crippen LogP contribution in [0.5, 0.6) is 11.6 Å². The van der Waals surface area contributed by atoms with E-state index in [4.69, 9.17) is 4.74 Å². The van der Waals surface area contributed by atoms with Gasteiger partial charge < -0.3 is 15.4 Å². The molecule has 1 heterocycles. The largest absolute Gasteiger partial charge is 0.438 e. The van der Waals surface area contributed by atoms with Crippen molar-refractivity contribution < 1.29 is 9.53 Å². The molecule has 1 fully saturated rings. The summed E-state index contributed by atoms with van der Waals surface area (Å²) in [6.07, 6.45) is 8.95. The molecule has 0 saturated heterocycles. The van der Waals surface area contributed by atoms with Crippen molar-refractivity contribution in [2.75, 3.05) is 18.9 Å².